The first-order valence-corrected chi connectivity index (χ1v) is 6.82. The minimum atomic E-state index is -0.764. The molecule has 1 atom stereocenters. The number of hydrogen-bond donors (Lipinski definition) is 3. The average Bonchev–Trinajstić information content (AvgIpc) is 2.30. The monoisotopic (exact) mass is 273 g/mol. The van der Waals surface area contributed by atoms with Crippen LogP contribution in [0.4, 0.5) is 4.79 Å². The summed E-state index contributed by atoms with van der Waals surface area (Å²) in [6, 6.07) is -0.00102. The molecule has 0 aromatic rings. The Balaban J connectivity index is 3.45. The minimum absolute atomic E-state index is 0.148. The topological polar surface area (TPSA) is 81.7 Å². The van der Waals surface area contributed by atoms with Crippen molar-refractivity contribution in [3.8, 4) is 0 Å². The van der Waals surface area contributed by atoms with Crippen LogP contribution in [0.25, 0.3) is 0 Å². The smallest absolute Gasteiger partial charge is 0.314 e. The van der Waals surface area contributed by atoms with E-state index in [1.807, 2.05) is 21.0 Å². The van der Waals surface area contributed by atoms with Gasteiger partial charge in [0.05, 0.1) is 0 Å². The second-order valence-electron chi connectivity index (χ2n) is 5.10. The molecule has 19 heavy (non-hydrogen) atoms. The van der Waals surface area contributed by atoms with Crippen LogP contribution in [-0.2, 0) is 4.79 Å². The predicted molar refractivity (Wildman–Crippen MR) is 75.3 cm³/mol. The van der Waals surface area contributed by atoms with E-state index in [1.165, 1.54) is 0 Å². The third-order valence-electron chi connectivity index (χ3n) is 2.74. The molecule has 6 nitrogen and oxygen atoms in total. The van der Waals surface area contributed by atoms with Crippen molar-refractivity contribution < 1.29 is 14.7 Å². The zero-order valence-electron chi connectivity index (χ0n) is 12.2. The number of unbranched alkanes of at least 4 members (excludes halogenated alkanes) is 2. The molecular weight excluding hydrogens is 246 g/mol. The standard InChI is InChI=1S/C13H27N3O3/c1-11(8-10-16(2)3)15-13(19)14-9-6-4-5-7-12(17)18/h11H,4-10H2,1-3H3,(H,17,18)(H2,14,15,19). The fraction of sp³-hybridized carbons (Fsp3) is 0.846. The summed E-state index contributed by atoms with van der Waals surface area (Å²) in [6.45, 7) is 3.51. The van der Waals surface area contributed by atoms with Gasteiger partial charge in [-0.05, 0) is 46.8 Å². The van der Waals surface area contributed by atoms with E-state index < -0.39 is 5.97 Å². The molecule has 0 aromatic carbocycles. The van der Waals surface area contributed by atoms with Crippen molar-refractivity contribution in [2.24, 2.45) is 0 Å². The molecule has 2 amide bonds. The van der Waals surface area contributed by atoms with Crippen molar-refractivity contribution in [3.05, 3.63) is 0 Å². The maximum atomic E-state index is 11.5. The number of urea groups is 1. The van der Waals surface area contributed by atoms with Crippen LogP contribution in [0.15, 0.2) is 0 Å². The molecule has 6 heteroatoms. The number of aliphatic carboxylic acids is 1. The van der Waals surface area contributed by atoms with Gasteiger partial charge in [-0.15, -0.1) is 0 Å². The molecule has 0 bridgehead atoms. The van der Waals surface area contributed by atoms with Gasteiger partial charge in [0.1, 0.15) is 0 Å². The summed E-state index contributed by atoms with van der Waals surface area (Å²) >= 11 is 0. The van der Waals surface area contributed by atoms with E-state index in [9.17, 15) is 9.59 Å². The molecule has 112 valence electrons. The second kappa shape index (κ2) is 10.6. The molecule has 0 aromatic heterocycles. The Morgan fingerprint density at radius 3 is 2.47 bits per heavy atom. The first kappa shape index (κ1) is 17.7. The molecule has 3 N–H and O–H groups in total. The molecule has 0 saturated carbocycles. The fourth-order valence-corrected chi connectivity index (χ4v) is 1.58. The number of hydrogen-bond acceptors (Lipinski definition) is 3. The van der Waals surface area contributed by atoms with E-state index in [-0.39, 0.29) is 18.5 Å². The van der Waals surface area contributed by atoms with Crippen LogP contribution in [0, 0.1) is 0 Å². The minimum Gasteiger partial charge on any atom is -0.481 e. The van der Waals surface area contributed by atoms with E-state index in [1.54, 1.807) is 0 Å². The van der Waals surface area contributed by atoms with Crippen LogP contribution in [0.2, 0.25) is 0 Å². The van der Waals surface area contributed by atoms with Crippen molar-refractivity contribution in [3.63, 3.8) is 0 Å². The van der Waals surface area contributed by atoms with Gasteiger partial charge in [0.15, 0.2) is 0 Å². The molecule has 0 heterocycles. The lowest BCUT2D eigenvalue weighted by Crippen LogP contribution is -2.42. The summed E-state index contributed by atoms with van der Waals surface area (Å²) in [7, 11) is 4.01. The lowest BCUT2D eigenvalue weighted by molar-refractivity contribution is -0.137. The van der Waals surface area contributed by atoms with Crippen molar-refractivity contribution in [1.82, 2.24) is 15.5 Å². The maximum Gasteiger partial charge on any atom is 0.314 e. The highest BCUT2D eigenvalue weighted by Crippen LogP contribution is 1.98. The second-order valence-corrected chi connectivity index (χ2v) is 5.10. The Kier molecular flexibility index (Phi) is 9.88. The normalized spacial score (nSPS) is 12.2. The van der Waals surface area contributed by atoms with E-state index in [0.717, 1.165) is 25.8 Å². The zero-order chi connectivity index (χ0) is 14.7. The highest BCUT2D eigenvalue weighted by Gasteiger charge is 2.06. The maximum absolute atomic E-state index is 11.5. The molecule has 0 aliphatic heterocycles. The van der Waals surface area contributed by atoms with Crippen molar-refractivity contribution in [1.29, 1.82) is 0 Å². The third kappa shape index (κ3) is 12.9. The average molecular weight is 273 g/mol. The lowest BCUT2D eigenvalue weighted by Gasteiger charge is -2.17. The van der Waals surface area contributed by atoms with Gasteiger partial charge >= 0.3 is 12.0 Å². The van der Waals surface area contributed by atoms with Crippen LogP contribution in [0.5, 0.6) is 0 Å². The van der Waals surface area contributed by atoms with Gasteiger partial charge in [0, 0.05) is 19.0 Å². The molecule has 0 saturated heterocycles. The van der Waals surface area contributed by atoms with E-state index in [4.69, 9.17) is 5.11 Å². The molecule has 1 unspecified atom stereocenters. The van der Waals surface area contributed by atoms with Crippen LogP contribution < -0.4 is 10.6 Å². The van der Waals surface area contributed by atoms with Gasteiger partial charge in [-0.2, -0.15) is 0 Å². The number of carboxylic acids is 1. The van der Waals surface area contributed by atoms with Gasteiger partial charge in [0.2, 0.25) is 0 Å². The van der Waals surface area contributed by atoms with Gasteiger partial charge in [0.25, 0.3) is 0 Å². The largest absolute Gasteiger partial charge is 0.481 e. The third-order valence-corrected chi connectivity index (χ3v) is 2.74. The number of carbonyl (C=O) groups excluding carboxylic acids is 1. The lowest BCUT2D eigenvalue weighted by atomic mass is 10.2. The molecule has 0 rings (SSSR count). The molecular formula is C13H27N3O3. The first-order valence-electron chi connectivity index (χ1n) is 6.82. The fourth-order valence-electron chi connectivity index (χ4n) is 1.58. The summed E-state index contributed by atoms with van der Waals surface area (Å²) in [4.78, 5) is 23.9. The van der Waals surface area contributed by atoms with Crippen molar-refractivity contribution in [2.75, 3.05) is 27.2 Å². The number of nitrogens with one attached hydrogen (secondary N) is 2. The zero-order valence-corrected chi connectivity index (χ0v) is 12.2. The summed E-state index contributed by atoms with van der Waals surface area (Å²) in [5.74, 6) is -0.764. The summed E-state index contributed by atoms with van der Waals surface area (Å²) in [6.07, 6.45) is 3.42. The Morgan fingerprint density at radius 2 is 1.89 bits per heavy atom. The Hall–Kier alpha value is -1.30. The van der Waals surface area contributed by atoms with E-state index in [2.05, 4.69) is 15.5 Å². The molecule has 0 spiro atoms. The highest BCUT2D eigenvalue weighted by atomic mass is 16.4. The van der Waals surface area contributed by atoms with E-state index >= 15 is 0 Å². The Labute approximate surface area is 115 Å². The van der Waals surface area contributed by atoms with Crippen LogP contribution in [0.3, 0.4) is 0 Å². The van der Waals surface area contributed by atoms with Gasteiger partial charge in [-0.1, -0.05) is 6.42 Å². The summed E-state index contributed by atoms with van der Waals surface area (Å²) in [5, 5.41) is 14.1. The quantitative estimate of drug-likeness (QED) is 0.524. The number of nitrogens with zero attached hydrogens (tertiary/aromatic N) is 1. The van der Waals surface area contributed by atoms with Gasteiger partial charge in [-0.25, -0.2) is 4.79 Å². The molecule has 0 fully saturated rings. The molecule has 0 aliphatic carbocycles. The van der Waals surface area contributed by atoms with E-state index in [0.29, 0.717) is 13.0 Å². The summed E-state index contributed by atoms with van der Waals surface area (Å²) in [5.41, 5.74) is 0. The Morgan fingerprint density at radius 1 is 1.21 bits per heavy atom. The number of rotatable bonds is 10. The predicted octanol–water partition coefficient (Wildman–Crippen LogP) is 1.27. The molecule has 0 radical (unpaired) electrons. The SMILES string of the molecule is CC(CCN(C)C)NC(=O)NCCCCCC(=O)O. The van der Waals surface area contributed by atoms with Crippen molar-refractivity contribution in [2.45, 2.75) is 45.1 Å². The van der Waals surface area contributed by atoms with Crippen LogP contribution in [0.1, 0.15) is 39.0 Å². The number of carbonyl (C=O) groups is 2. The van der Waals surface area contributed by atoms with Crippen molar-refractivity contribution >= 4 is 12.0 Å². The number of amides is 2. The van der Waals surface area contributed by atoms with Gasteiger partial charge < -0.3 is 20.6 Å². The molecule has 0 aliphatic rings. The highest BCUT2D eigenvalue weighted by molar-refractivity contribution is 5.74. The number of carboxylic acid groups (broad SMARTS) is 1. The first-order chi connectivity index (χ1) is 8.91. The van der Waals surface area contributed by atoms with Gasteiger partial charge in [-0.3, -0.25) is 4.79 Å². The Bertz CT molecular complexity index is 270. The summed E-state index contributed by atoms with van der Waals surface area (Å²) < 4.78 is 0. The van der Waals surface area contributed by atoms with Crippen LogP contribution in [-0.4, -0.2) is 55.2 Å². The van der Waals surface area contributed by atoms with Crippen LogP contribution >= 0.6 is 0 Å².